The second-order valence-electron chi connectivity index (χ2n) is 6.53. The van der Waals surface area contributed by atoms with E-state index in [1.165, 1.54) is 4.90 Å². The highest BCUT2D eigenvalue weighted by atomic mass is 35.5. The molecule has 0 bridgehead atoms. The number of anilines is 1. The molecular formula is C21H19ClN2O2. The van der Waals surface area contributed by atoms with Crippen LogP contribution in [0.4, 0.5) is 5.69 Å². The maximum atomic E-state index is 13.3. The van der Waals surface area contributed by atoms with Crippen LogP contribution < -0.4 is 4.90 Å². The first kappa shape index (κ1) is 16.9. The number of rotatable bonds is 3. The van der Waals surface area contributed by atoms with Crippen molar-refractivity contribution >= 4 is 34.7 Å². The third-order valence-electron chi connectivity index (χ3n) is 4.89. The Morgan fingerprint density at radius 3 is 2.12 bits per heavy atom. The molecule has 2 heterocycles. The summed E-state index contributed by atoms with van der Waals surface area (Å²) in [6.07, 6.45) is 3.21. The molecule has 2 aromatic rings. The highest BCUT2D eigenvalue weighted by Gasteiger charge is 2.43. The monoisotopic (exact) mass is 366 g/mol. The van der Waals surface area contributed by atoms with Crippen molar-refractivity contribution in [1.29, 1.82) is 0 Å². The van der Waals surface area contributed by atoms with Gasteiger partial charge in [0.2, 0.25) is 0 Å². The minimum Gasteiger partial charge on any atom is -0.366 e. The molecule has 0 spiro atoms. The highest BCUT2D eigenvalue weighted by molar-refractivity contribution is 6.47. The third-order valence-corrected chi connectivity index (χ3v) is 5.21. The van der Waals surface area contributed by atoms with E-state index in [0.29, 0.717) is 22.0 Å². The molecule has 4 rings (SSSR count). The van der Waals surface area contributed by atoms with E-state index in [0.717, 1.165) is 37.9 Å². The number of hydrogen-bond acceptors (Lipinski definition) is 3. The third kappa shape index (κ3) is 2.80. The first-order valence-corrected chi connectivity index (χ1v) is 9.24. The first-order chi connectivity index (χ1) is 12.7. The molecule has 0 radical (unpaired) electrons. The van der Waals surface area contributed by atoms with Gasteiger partial charge in [-0.25, -0.2) is 4.90 Å². The van der Waals surface area contributed by atoms with Crippen LogP contribution in [0, 0.1) is 0 Å². The Labute approximate surface area is 157 Å². The number of carbonyl (C=O) groups is 2. The van der Waals surface area contributed by atoms with Crippen molar-refractivity contribution in [3.8, 4) is 0 Å². The van der Waals surface area contributed by atoms with Crippen LogP contribution in [0.5, 0.6) is 0 Å². The molecule has 0 unspecified atom stereocenters. The van der Waals surface area contributed by atoms with Crippen molar-refractivity contribution in [1.82, 2.24) is 4.90 Å². The van der Waals surface area contributed by atoms with E-state index in [1.807, 2.05) is 30.3 Å². The standard InChI is InChI=1S/C21H19ClN2O2/c22-16-11-5-6-12-17(16)24-20(25)18(15-9-3-1-4-10-15)19(21(24)26)23-13-7-2-8-14-23/h1,3-6,9-12H,2,7-8,13-14H2. The van der Waals surface area contributed by atoms with Crippen LogP contribution in [0.15, 0.2) is 60.3 Å². The maximum Gasteiger partial charge on any atom is 0.282 e. The summed E-state index contributed by atoms with van der Waals surface area (Å²) in [5.74, 6) is -0.598. The molecule has 1 fully saturated rings. The number of likely N-dealkylation sites (tertiary alicyclic amines) is 1. The topological polar surface area (TPSA) is 40.6 Å². The molecule has 0 aromatic heterocycles. The summed E-state index contributed by atoms with van der Waals surface area (Å²) in [7, 11) is 0. The van der Waals surface area contributed by atoms with Crippen LogP contribution in [0.3, 0.4) is 0 Å². The van der Waals surface area contributed by atoms with Crippen LogP contribution in [0.1, 0.15) is 24.8 Å². The van der Waals surface area contributed by atoms with Gasteiger partial charge in [-0.1, -0.05) is 54.1 Å². The number of benzene rings is 2. The Morgan fingerprint density at radius 2 is 1.42 bits per heavy atom. The molecule has 1 saturated heterocycles. The zero-order valence-electron chi connectivity index (χ0n) is 14.3. The molecule has 0 aliphatic carbocycles. The molecule has 5 heteroatoms. The second kappa shape index (κ2) is 6.96. The van der Waals surface area contributed by atoms with Crippen molar-refractivity contribution in [2.75, 3.05) is 18.0 Å². The molecule has 2 aromatic carbocycles. The normalized spacial score (nSPS) is 18.0. The smallest absolute Gasteiger partial charge is 0.282 e. The van der Waals surface area contributed by atoms with E-state index in [2.05, 4.69) is 4.90 Å². The van der Waals surface area contributed by atoms with Crippen molar-refractivity contribution < 1.29 is 9.59 Å². The molecule has 0 saturated carbocycles. The molecule has 132 valence electrons. The molecule has 2 aliphatic heterocycles. The van der Waals surface area contributed by atoms with Crippen LogP contribution in [0.2, 0.25) is 5.02 Å². The van der Waals surface area contributed by atoms with E-state index < -0.39 is 0 Å². The van der Waals surface area contributed by atoms with Gasteiger partial charge in [-0.2, -0.15) is 0 Å². The number of carbonyl (C=O) groups excluding carboxylic acids is 2. The predicted molar refractivity (Wildman–Crippen MR) is 103 cm³/mol. The van der Waals surface area contributed by atoms with Gasteiger partial charge in [-0.05, 0) is 37.0 Å². The van der Waals surface area contributed by atoms with Gasteiger partial charge in [-0.15, -0.1) is 0 Å². The number of hydrogen-bond donors (Lipinski definition) is 0. The highest BCUT2D eigenvalue weighted by Crippen LogP contribution is 2.38. The van der Waals surface area contributed by atoms with Crippen LogP contribution >= 0.6 is 11.6 Å². The van der Waals surface area contributed by atoms with Gasteiger partial charge in [0.1, 0.15) is 5.70 Å². The zero-order valence-corrected chi connectivity index (χ0v) is 15.1. The van der Waals surface area contributed by atoms with Crippen LogP contribution in [0.25, 0.3) is 5.57 Å². The number of imide groups is 1. The summed E-state index contributed by atoms with van der Waals surface area (Å²) in [5.41, 5.74) is 2.17. The molecular weight excluding hydrogens is 348 g/mol. The van der Waals surface area contributed by atoms with Crippen molar-refractivity contribution in [2.24, 2.45) is 0 Å². The summed E-state index contributed by atoms with van der Waals surface area (Å²) in [6.45, 7) is 1.59. The van der Waals surface area contributed by atoms with E-state index >= 15 is 0 Å². The van der Waals surface area contributed by atoms with Gasteiger partial charge in [-0.3, -0.25) is 9.59 Å². The molecule has 2 amide bonds. The minimum absolute atomic E-state index is 0.288. The number of para-hydroxylation sites is 1. The Hall–Kier alpha value is -2.59. The Kier molecular flexibility index (Phi) is 4.51. The number of halogens is 1. The van der Waals surface area contributed by atoms with E-state index in [1.54, 1.807) is 24.3 Å². The van der Waals surface area contributed by atoms with Crippen molar-refractivity contribution in [2.45, 2.75) is 19.3 Å². The fourth-order valence-electron chi connectivity index (χ4n) is 3.65. The quantitative estimate of drug-likeness (QED) is 0.767. The lowest BCUT2D eigenvalue weighted by atomic mass is 10.0. The summed E-state index contributed by atoms with van der Waals surface area (Å²) in [6, 6.07) is 16.4. The summed E-state index contributed by atoms with van der Waals surface area (Å²) < 4.78 is 0. The average molecular weight is 367 g/mol. The number of nitrogens with zero attached hydrogens (tertiary/aromatic N) is 2. The van der Waals surface area contributed by atoms with E-state index in [4.69, 9.17) is 11.6 Å². The lowest BCUT2D eigenvalue weighted by molar-refractivity contribution is -0.120. The first-order valence-electron chi connectivity index (χ1n) is 8.86. The van der Waals surface area contributed by atoms with E-state index in [-0.39, 0.29) is 11.8 Å². The fraction of sp³-hybridized carbons (Fsp3) is 0.238. The van der Waals surface area contributed by atoms with Crippen molar-refractivity contribution in [3.63, 3.8) is 0 Å². The van der Waals surface area contributed by atoms with Gasteiger partial charge in [0.15, 0.2) is 0 Å². The van der Waals surface area contributed by atoms with Gasteiger partial charge in [0, 0.05) is 13.1 Å². The lowest BCUT2D eigenvalue weighted by Gasteiger charge is -2.29. The Bertz CT molecular complexity index is 886. The summed E-state index contributed by atoms with van der Waals surface area (Å²) in [5, 5.41) is 0.390. The van der Waals surface area contributed by atoms with Gasteiger partial charge in [0.05, 0.1) is 16.3 Å². The Morgan fingerprint density at radius 1 is 0.769 bits per heavy atom. The molecule has 0 N–H and O–H groups in total. The molecule has 26 heavy (non-hydrogen) atoms. The van der Waals surface area contributed by atoms with Gasteiger partial charge in [0.25, 0.3) is 11.8 Å². The van der Waals surface area contributed by atoms with E-state index in [9.17, 15) is 9.59 Å². The van der Waals surface area contributed by atoms with Crippen LogP contribution in [-0.2, 0) is 9.59 Å². The van der Waals surface area contributed by atoms with Gasteiger partial charge >= 0.3 is 0 Å². The molecule has 0 atom stereocenters. The average Bonchev–Trinajstić information content (AvgIpc) is 2.94. The molecule has 4 nitrogen and oxygen atoms in total. The van der Waals surface area contributed by atoms with Gasteiger partial charge < -0.3 is 4.90 Å². The predicted octanol–water partition coefficient (Wildman–Crippen LogP) is 4.11. The fourth-order valence-corrected chi connectivity index (χ4v) is 3.87. The number of piperidine rings is 1. The maximum absolute atomic E-state index is 13.3. The second-order valence-corrected chi connectivity index (χ2v) is 6.94. The minimum atomic E-state index is -0.310. The Balaban J connectivity index is 1.84. The summed E-state index contributed by atoms with van der Waals surface area (Å²) in [4.78, 5) is 29.9. The molecule has 2 aliphatic rings. The number of amides is 2. The largest absolute Gasteiger partial charge is 0.366 e. The zero-order chi connectivity index (χ0) is 18.1. The lowest BCUT2D eigenvalue weighted by Crippen LogP contribution is -2.37. The SMILES string of the molecule is O=C1C(c2ccccc2)=C(N2CCCCC2)C(=O)N1c1ccccc1Cl. The summed E-state index contributed by atoms with van der Waals surface area (Å²) >= 11 is 6.28. The van der Waals surface area contributed by atoms with Crippen molar-refractivity contribution in [3.05, 3.63) is 70.9 Å². The van der Waals surface area contributed by atoms with Crippen LogP contribution in [-0.4, -0.2) is 29.8 Å².